The topological polar surface area (TPSA) is 95.8 Å². The highest BCUT2D eigenvalue weighted by Crippen LogP contribution is 2.41. The molecule has 7 rings (SSSR count). The van der Waals surface area contributed by atoms with Gasteiger partial charge in [-0.25, -0.2) is 9.37 Å². The van der Waals surface area contributed by atoms with Crippen LogP contribution in [0.3, 0.4) is 0 Å². The zero-order valence-corrected chi connectivity index (χ0v) is 25.2. The Morgan fingerprint density at radius 1 is 1.05 bits per heavy atom. The standard InChI is InChI=1S/C32H40FN7O3/c1-19-25-16-34-32(36-30(25)40(23-6-4-5-7-23)31(42)28(19)20(2)41)35-21-14-26(33)29-27(15-21)43-18-24-17-38(12-13-39(24)29)22-8-10-37(3)11-9-22/h14-16,22-24H,4-13,17-18H2,1-3H3,(H,34,35,36)/t24-/m1/s1. The Bertz CT molecular complexity index is 1630. The first-order valence-electron chi connectivity index (χ1n) is 15.6. The van der Waals surface area contributed by atoms with Gasteiger partial charge in [-0.15, -0.1) is 0 Å². The Morgan fingerprint density at radius 2 is 1.81 bits per heavy atom. The second-order valence-corrected chi connectivity index (χ2v) is 12.7. The molecule has 228 valence electrons. The van der Waals surface area contributed by atoms with E-state index in [2.05, 4.69) is 32.0 Å². The zero-order valence-electron chi connectivity index (χ0n) is 25.2. The lowest BCUT2D eigenvalue weighted by atomic mass is 10.00. The van der Waals surface area contributed by atoms with Gasteiger partial charge in [-0.05, 0) is 71.3 Å². The van der Waals surface area contributed by atoms with Gasteiger partial charge in [0, 0.05) is 55.1 Å². The van der Waals surface area contributed by atoms with Crippen LogP contribution in [0, 0.1) is 12.7 Å². The molecule has 0 bridgehead atoms. The number of hydrogen-bond donors (Lipinski definition) is 1. The predicted octanol–water partition coefficient (Wildman–Crippen LogP) is 4.28. The van der Waals surface area contributed by atoms with Gasteiger partial charge in [0.05, 0.1) is 11.6 Å². The molecule has 1 saturated carbocycles. The Labute approximate surface area is 250 Å². The molecule has 1 atom stereocenters. The Hall–Kier alpha value is -3.57. The van der Waals surface area contributed by atoms with Crippen LogP contribution in [0.25, 0.3) is 11.0 Å². The summed E-state index contributed by atoms with van der Waals surface area (Å²) in [6.45, 7) is 8.52. The molecule has 5 heterocycles. The summed E-state index contributed by atoms with van der Waals surface area (Å²) in [5.74, 6) is 0.168. The van der Waals surface area contributed by atoms with Crippen molar-refractivity contribution < 1.29 is 13.9 Å². The molecule has 3 aromatic rings. The normalized spacial score (nSPS) is 22.0. The fraction of sp³-hybridized carbons (Fsp3) is 0.562. The van der Waals surface area contributed by atoms with Crippen LogP contribution < -0.4 is 20.5 Å². The second kappa shape index (κ2) is 11.2. The molecule has 11 heteroatoms. The van der Waals surface area contributed by atoms with E-state index in [1.807, 2.05) is 0 Å². The van der Waals surface area contributed by atoms with Crippen LogP contribution in [-0.4, -0.2) is 88.6 Å². The summed E-state index contributed by atoms with van der Waals surface area (Å²) in [6.07, 6.45) is 7.79. The number of pyridine rings is 1. The summed E-state index contributed by atoms with van der Waals surface area (Å²) in [5.41, 5.74) is 1.98. The van der Waals surface area contributed by atoms with Crippen molar-refractivity contribution in [3.05, 3.63) is 45.6 Å². The number of aryl methyl sites for hydroxylation is 1. The lowest BCUT2D eigenvalue weighted by Gasteiger charge is -2.48. The maximum absolute atomic E-state index is 15.7. The lowest BCUT2D eigenvalue weighted by Crippen LogP contribution is -2.60. The fourth-order valence-electron chi connectivity index (χ4n) is 7.67. The molecule has 0 unspecified atom stereocenters. The quantitative estimate of drug-likeness (QED) is 0.438. The molecule has 2 saturated heterocycles. The first-order chi connectivity index (χ1) is 20.8. The number of hydrogen-bond acceptors (Lipinski definition) is 9. The van der Waals surface area contributed by atoms with Crippen molar-refractivity contribution in [3.63, 3.8) is 0 Å². The molecule has 4 aliphatic rings. The van der Waals surface area contributed by atoms with Gasteiger partial charge in [0.25, 0.3) is 5.56 Å². The maximum atomic E-state index is 15.7. The number of ether oxygens (including phenoxy) is 1. The van der Waals surface area contributed by atoms with Crippen molar-refractivity contribution in [1.29, 1.82) is 0 Å². The summed E-state index contributed by atoms with van der Waals surface area (Å²) in [7, 11) is 2.18. The van der Waals surface area contributed by atoms with Gasteiger partial charge >= 0.3 is 0 Å². The summed E-state index contributed by atoms with van der Waals surface area (Å²) in [4.78, 5) is 42.3. The van der Waals surface area contributed by atoms with Crippen LogP contribution >= 0.6 is 0 Å². The van der Waals surface area contributed by atoms with Crippen molar-refractivity contribution in [2.24, 2.45) is 0 Å². The van der Waals surface area contributed by atoms with E-state index in [1.165, 1.54) is 25.8 Å². The van der Waals surface area contributed by atoms with Gasteiger partial charge in [0.15, 0.2) is 11.6 Å². The molecule has 3 aliphatic heterocycles. The minimum atomic E-state index is -0.344. The highest BCUT2D eigenvalue weighted by Gasteiger charge is 2.37. The number of likely N-dealkylation sites (tertiary alicyclic amines) is 1. The van der Waals surface area contributed by atoms with E-state index in [9.17, 15) is 9.59 Å². The minimum Gasteiger partial charge on any atom is -0.489 e. The van der Waals surface area contributed by atoms with Crippen LogP contribution in [-0.2, 0) is 0 Å². The van der Waals surface area contributed by atoms with Gasteiger partial charge in [-0.2, -0.15) is 4.98 Å². The molecule has 0 amide bonds. The van der Waals surface area contributed by atoms with Crippen molar-refractivity contribution in [2.45, 2.75) is 70.5 Å². The van der Waals surface area contributed by atoms with E-state index in [-0.39, 0.29) is 40.8 Å². The van der Waals surface area contributed by atoms with Crippen LogP contribution in [0.15, 0.2) is 23.1 Å². The van der Waals surface area contributed by atoms with Gasteiger partial charge in [0.1, 0.15) is 23.7 Å². The Balaban J connectivity index is 1.16. The highest BCUT2D eigenvalue weighted by molar-refractivity contribution is 5.99. The number of piperazine rings is 1. The summed E-state index contributed by atoms with van der Waals surface area (Å²) >= 11 is 0. The highest BCUT2D eigenvalue weighted by atomic mass is 19.1. The second-order valence-electron chi connectivity index (χ2n) is 12.7. The Kier molecular flexibility index (Phi) is 7.33. The molecule has 0 radical (unpaired) electrons. The monoisotopic (exact) mass is 589 g/mol. The first kappa shape index (κ1) is 28.2. The number of Topliss-reactive ketones (excluding diaryl/α,β-unsaturated/α-hetero) is 1. The number of carbonyl (C=O) groups is 1. The molecule has 43 heavy (non-hydrogen) atoms. The molecule has 10 nitrogen and oxygen atoms in total. The third-order valence-corrected chi connectivity index (χ3v) is 9.97. The number of carbonyl (C=O) groups excluding carboxylic acids is 1. The number of piperidine rings is 1. The van der Waals surface area contributed by atoms with Crippen molar-refractivity contribution in [3.8, 4) is 5.75 Å². The van der Waals surface area contributed by atoms with E-state index >= 15 is 4.39 Å². The number of fused-ring (bicyclic) bond motifs is 4. The number of nitrogens with one attached hydrogen (secondary N) is 1. The lowest BCUT2D eigenvalue weighted by molar-refractivity contribution is 0.0863. The number of halogens is 1. The van der Waals surface area contributed by atoms with Gasteiger partial charge < -0.3 is 19.9 Å². The third-order valence-electron chi connectivity index (χ3n) is 9.97. The maximum Gasteiger partial charge on any atom is 0.263 e. The number of nitrogens with zero attached hydrogens (tertiary/aromatic N) is 6. The summed E-state index contributed by atoms with van der Waals surface area (Å²) in [6, 6.07) is 3.96. The molecule has 1 aromatic carbocycles. The van der Waals surface area contributed by atoms with Gasteiger partial charge in [-0.1, -0.05) is 12.8 Å². The number of ketones is 1. The summed E-state index contributed by atoms with van der Waals surface area (Å²) < 4.78 is 23.6. The van der Waals surface area contributed by atoms with E-state index in [4.69, 9.17) is 9.72 Å². The zero-order chi connectivity index (χ0) is 29.8. The first-order valence-corrected chi connectivity index (χ1v) is 15.6. The van der Waals surface area contributed by atoms with E-state index < -0.39 is 0 Å². The SMILES string of the molecule is CC(=O)c1c(C)c2cnc(Nc3cc(F)c4c(c3)OC[C@H]3CN(C5CCN(C)CC5)CCN43)nc2n(C2CCCC2)c1=O. The molecular formula is C32H40FN7O3. The predicted molar refractivity (Wildman–Crippen MR) is 164 cm³/mol. The molecule has 1 aliphatic carbocycles. The van der Waals surface area contributed by atoms with Crippen LogP contribution in [0.1, 0.15) is 67.4 Å². The third kappa shape index (κ3) is 5.06. The number of benzene rings is 1. The van der Waals surface area contributed by atoms with E-state index in [0.717, 1.165) is 58.4 Å². The minimum absolute atomic E-state index is 0.0149. The summed E-state index contributed by atoms with van der Waals surface area (Å²) in [5, 5.41) is 3.83. The molecule has 1 N–H and O–H groups in total. The molecule has 3 fully saturated rings. The number of aromatic nitrogens is 3. The smallest absolute Gasteiger partial charge is 0.263 e. The van der Waals surface area contributed by atoms with E-state index in [1.54, 1.807) is 23.8 Å². The Morgan fingerprint density at radius 3 is 2.56 bits per heavy atom. The molecular weight excluding hydrogens is 549 g/mol. The van der Waals surface area contributed by atoms with Crippen LogP contribution in [0.4, 0.5) is 21.7 Å². The average Bonchev–Trinajstić information content (AvgIpc) is 3.51. The van der Waals surface area contributed by atoms with Gasteiger partial charge in [0.2, 0.25) is 5.95 Å². The molecule has 0 spiro atoms. The van der Waals surface area contributed by atoms with Crippen LogP contribution in [0.2, 0.25) is 0 Å². The fourth-order valence-corrected chi connectivity index (χ4v) is 7.67. The van der Waals surface area contributed by atoms with E-state index in [0.29, 0.717) is 46.4 Å². The number of anilines is 3. The number of rotatable bonds is 5. The van der Waals surface area contributed by atoms with Crippen molar-refractivity contribution in [2.75, 3.05) is 56.6 Å². The average molecular weight is 590 g/mol. The van der Waals surface area contributed by atoms with Crippen LogP contribution in [0.5, 0.6) is 5.75 Å². The van der Waals surface area contributed by atoms with Crippen molar-refractivity contribution >= 4 is 34.1 Å². The largest absolute Gasteiger partial charge is 0.489 e. The molecule has 2 aromatic heterocycles. The van der Waals surface area contributed by atoms with Gasteiger partial charge in [-0.3, -0.25) is 19.1 Å². The van der Waals surface area contributed by atoms with Crippen molar-refractivity contribution in [1.82, 2.24) is 24.3 Å².